The van der Waals surface area contributed by atoms with Gasteiger partial charge in [0.2, 0.25) is 5.91 Å². The molecule has 2 aliphatic heterocycles. The van der Waals surface area contributed by atoms with Crippen LogP contribution in [-0.2, 0) is 11.2 Å². The summed E-state index contributed by atoms with van der Waals surface area (Å²) in [5.74, 6) is 0.656. The number of anilines is 1. The first kappa shape index (κ1) is 25.7. The Bertz CT molecular complexity index is 1470. The van der Waals surface area contributed by atoms with E-state index in [4.69, 9.17) is 39.8 Å². The molecule has 5 rings (SSSR count). The minimum Gasteiger partial charge on any atom is -0.325 e. The summed E-state index contributed by atoms with van der Waals surface area (Å²) in [4.78, 5) is 34.2. The Morgan fingerprint density at radius 3 is 2.41 bits per heavy atom. The Hall–Kier alpha value is -2.91. The van der Waals surface area contributed by atoms with Crippen LogP contribution in [0.2, 0.25) is 15.1 Å². The van der Waals surface area contributed by atoms with Gasteiger partial charge in [-0.05, 0) is 48.6 Å². The molecular formula is C26H25Cl3N6O2. The number of benzene rings is 2. The predicted octanol–water partition coefficient (Wildman–Crippen LogP) is 5.43. The monoisotopic (exact) mass is 558 g/mol. The molecule has 1 aliphatic carbocycles. The fourth-order valence-electron chi connectivity index (χ4n) is 4.12. The Morgan fingerprint density at radius 1 is 1.11 bits per heavy atom. The quantitative estimate of drug-likeness (QED) is 0.267. The predicted molar refractivity (Wildman–Crippen MR) is 147 cm³/mol. The highest BCUT2D eigenvalue weighted by molar-refractivity contribution is 6.40. The van der Waals surface area contributed by atoms with Gasteiger partial charge < -0.3 is 10.6 Å². The molecule has 0 unspecified atom stereocenters. The van der Waals surface area contributed by atoms with Gasteiger partial charge in [-0.25, -0.2) is 9.67 Å². The van der Waals surface area contributed by atoms with E-state index in [0.29, 0.717) is 68.4 Å². The lowest BCUT2D eigenvalue weighted by Crippen LogP contribution is -2.29. The second-order valence-electron chi connectivity index (χ2n) is 9.45. The highest BCUT2D eigenvalue weighted by atomic mass is 35.5. The molecule has 0 saturated heterocycles. The Kier molecular flexibility index (Phi) is 7.27. The minimum atomic E-state index is -0.382. The van der Waals surface area contributed by atoms with Gasteiger partial charge in [0.15, 0.2) is 5.82 Å². The van der Waals surface area contributed by atoms with Gasteiger partial charge in [-0.1, -0.05) is 60.8 Å². The zero-order valence-electron chi connectivity index (χ0n) is 20.2. The highest BCUT2D eigenvalue weighted by Crippen LogP contribution is 2.36. The lowest BCUT2D eigenvalue weighted by atomic mass is 10.1. The second kappa shape index (κ2) is 10.5. The summed E-state index contributed by atoms with van der Waals surface area (Å²) in [6, 6.07) is 11.0. The molecule has 3 N–H and O–H groups in total. The van der Waals surface area contributed by atoms with E-state index in [9.17, 15) is 9.59 Å². The van der Waals surface area contributed by atoms with Gasteiger partial charge in [0, 0.05) is 23.2 Å². The molecule has 192 valence electrons. The zero-order valence-corrected chi connectivity index (χ0v) is 22.5. The number of nitrogens with zero attached hydrogens (tertiary/aromatic N) is 3. The maximum Gasteiger partial charge on any atom is 0.284 e. The summed E-state index contributed by atoms with van der Waals surface area (Å²) in [6.45, 7) is 4.23. The average Bonchev–Trinajstić information content (AvgIpc) is 3.58. The van der Waals surface area contributed by atoms with Crippen LogP contribution in [0, 0.1) is 0 Å². The summed E-state index contributed by atoms with van der Waals surface area (Å²) in [7, 11) is 0. The average molecular weight is 560 g/mol. The summed E-state index contributed by atoms with van der Waals surface area (Å²) in [5.41, 5.74) is 2.73. The number of carbonyl (C=O) groups excluding carboxylic acids is 1. The van der Waals surface area contributed by atoms with Crippen molar-refractivity contribution >= 4 is 46.4 Å². The summed E-state index contributed by atoms with van der Waals surface area (Å²) in [5, 5.41) is 10.3. The van der Waals surface area contributed by atoms with Crippen molar-refractivity contribution in [3.63, 3.8) is 0 Å². The van der Waals surface area contributed by atoms with Crippen molar-refractivity contribution in [3.8, 4) is 17.1 Å². The molecule has 2 aromatic carbocycles. The van der Waals surface area contributed by atoms with Crippen LogP contribution in [0.5, 0.6) is 0 Å². The second-order valence-corrected chi connectivity index (χ2v) is 10.7. The largest absolute Gasteiger partial charge is 0.325 e. The van der Waals surface area contributed by atoms with E-state index >= 15 is 0 Å². The minimum absolute atomic E-state index is 0.00187. The van der Waals surface area contributed by atoms with Gasteiger partial charge in [-0.15, -0.1) is 0 Å². The lowest BCUT2D eigenvalue weighted by Gasteiger charge is -2.12. The number of nitrogens with one attached hydrogen (secondary N) is 3. The molecule has 1 fully saturated rings. The molecule has 1 saturated carbocycles. The first-order valence-corrected chi connectivity index (χ1v) is 13.1. The third kappa shape index (κ3) is 5.67. The number of fused-ring (bicyclic) bond motifs is 1. The number of hydrogen-bond acceptors (Lipinski definition) is 5. The molecule has 0 aromatic heterocycles. The van der Waals surface area contributed by atoms with Crippen LogP contribution in [0.25, 0.3) is 17.1 Å². The van der Waals surface area contributed by atoms with E-state index in [1.165, 1.54) is 0 Å². The van der Waals surface area contributed by atoms with Gasteiger partial charge in [-0.2, -0.15) is 4.98 Å². The van der Waals surface area contributed by atoms with Crippen LogP contribution in [-0.4, -0.2) is 38.2 Å². The number of aromatic amines is 1. The molecular weight excluding hydrogens is 535 g/mol. The van der Waals surface area contributed by atoms with Crippen LogP contribution in [0.3, 0.4) is 0 Å². The molecule has 0 radical (unpaired) electrons. The molecule has 2 aromatic rings. The number of amides is 1. The number of halogens is 3. The Balaban J connectivity index is 1.45. The van der Waals surface area contributed by atoms with Crippen molar-refractivity contribution in [1.82, 2.24) is 25.1 Å². The van der Waals surface area contributed by atoms with Crippen LogP contribution in [0.15, 0.2) is 41.2 Å². The third-order valence-corrected chi connectivity index (χ3v) is 6.92. The highest BCUT2D eigenvalue weighted by Gasteiger charge is 2.27. The fourth-order valence-corrected chi connectivity index (χ4v) is 5.11. The summed E-state index contributed by atoms with van der Waals surface area (Å²) < 4.78 is 1.62. The normalized spacial score (nSPS) is 13.5. The van der Waals surface area contributed by atoms with Gasteiger partial charge >= 0.3 is 0 Å². The van der Waals surface area contributed by atoms with Crippen molar-refractivity contribution in [2.45, 2.75) is 45.1 Å². The van der Waals surface area contributed by atoms with Crippen LogP contribution in [0.1, 0.15) is 49.7 Å². The first-order valence-electron chi connectivity index (χ1n) is 12.0. The molecule has 1 amide bonds. The van der Waals surface area contributed by atoms with E-state index in [1.54, 1.807) is 16.8 Å². The van der Waals surface area contributed by atoms with Gasteiger partial charge in [0.05, 0.1) is 22.3 Å². The molecule has 0 bridgehead atoms. The van der Waals surface area contributed by atoms with Crippen molar-refractivity contribution in [1.29, 1.82) is 0 Å². The van der Waals surface area contributed by atoms with E-state index in [-0.39, 0.29) is 17.4 Å². The lowest BCUT2D eigenvalue weighted by molar-refractivity contribution is -0.115. The van der Waals surface area contributed by atoms with Crippen LogP contribution >= 0.6 is 34.8 Å². The number of aromatic nitrogens is 4. The van der Waals surface area contributed by atoms with E-state index < -0.39 is 0 Å². The number of H-pyrrole nitrogens is 1. The number of hydrogen-bond donors (Lipinski definition) is 3. The molecule has 8 nitrogen and oxygen atoms in total. The topological polar surface area (TPSA) is 105 Å². The van der Waals surface area contributed by atoms with E-state index in [1.807, 2.05) is 38.1 Å². The standard InChI is InChI=1S/C26H25Cl3N6O2/c1-13(2)23-22-25(35(34-23)24-18(28)10-15(27)11-19(24)29)32-20(33-26(22)37)9-14-3-5-17(6-4-14)31-21(36)12-30-16-7-8-16/h3-6,10-11,13,16,30,34H,7-9,12H2,1-2H3,(H,31,36). The Labute approximate surface area is 228 Å². The molecule has 11 heteroatoms. The van der Waals surface area contributed by atoms with E-state index in [0.717, 1.165) is 18.4 Å². The maximum absolute atomic E-state index is 13.1. The molecule has 0 spiro atoms. The van der Waals surface area contributed by atoms with Crippen LogP contribution < -0.4 is 16.2 Å². The van der Waals surface area contributed by atoms with Gasteiger partial charge in [0.1, 0.15) is 17.1 Å². The van der Waals surface area contributed by atoms with Gasteiger partial charge in [-0.3, -0.25) is 14.7 Å². The van der Waals surface area contributed by atoms with Crippen LogP contribution in [0.4, 0.5) is 5.69 Å². The van der Waals surface area contributed by atoms with E-state index in [2.05, 4.69) is 20.7 Å². The third-order valence-electron chi connectivity index (χ3n) is 6.13. The molecule has 0 atom stereocenters. The van der Waals surface area contributed by atoms with Crippen molar-refractivity contribution in [2.75, 3.05) is 11.9 Å². The number of carbonyl (C=O) groups is 1. The first-order chi connectivity index (χ1) is 17.7. The maximum atomic E-state index is 13.1. The SMILES string of the molecule is CC(C)c1[nH]n(-c2c(Cl)cc(Cl)cc2Cl)c2nc(Cc3ccc(NC(=O)CNC4CC4)cc3)nc(=O)c1-2. The fraction of sp³-hybridized carbons (Fsp3) is 0.308. The number of rotatable bonds is 8. The summed E-state index contributed by atoms with van der Waals surface area (Å²) >= 11 is 19.1. The smallest absolute Gasteiger partial charge is 0.284 e. The summed E-state index contributed by atoms with van der Waals surface area (Å²) in [6.07, 6.45) is 2.58. The van der Waals surface area contributed by atoms with Crippen molar-refractivity contribution in [3.05, 3.63) is 78.9 Å². The van der Waals surface area contributed by atoms with Crippen molar-refractivity contribution < 1.29 is 4.79 Å². The zero-order chi connectivity index (χ0) is 26.3. The molecule has 2 heterocycles. The molecule has 3 aliphatic rings. The Morgan fingerprint density at radius 2 is 1.78 bits per heavy atom. The molecule has 37 heavy (non-hydrogen) atoms. The van der Waals surface area contributed by atoms with Crippen molar-refractivity contribution in [2.24, 2.45) is 0 Å². The van der Waals surface area contributed by atoms with Gasteiger partial charge in [0.25, 0.3) is 5.56 Å².